The van der Waals surface area contributed by atoms with Crippen molar-refractivity contribution in [3.05, 3.63) is 12.7 Å². The SMILES string of the molecule is C=CCCCOC(=O)CNC(=O)C(=O)OC. The Kier molecular flexibility index (Phi) is 7.48. The van der Waals surface area contributed by atoms with Crippen LogP contribution < -0.4 is 5.32 Å². The Balaban J connectivity index is 3.61. The zero-order valence-electron chi connectivity index (χ0n) is 9.15. The molecule has 0 aromatic heterocycles. The van der Waals surface area contributed by atoms with Crippen molar-refractivity contribution in [2.75, 3.05) is 20.3 Å². The fourth-order valence-corrected chi connectivity index (χ4v) is 0.782. The number of rotatable bonds is 6. The van der Waals surface area contributed by atoms with Crippen molar-refractivity contribution < 1.29 is 23.9 Å². The van der Waals surface area contributed by atoms with E-state index in [1.165, 1.54) is 0 Å². The van der Waals surface area contributed by atoms with Gasteiger partial charge in [-0.3, -0.25) is 9.59 Å². The first kappa shape index (κ1) is 14.2. The van der Waals surface area contributed by atoms with Crippen molar-refractivity contribution in [3.8, 4) is 0 Å². The maximum absolute atomic E-state index is 11.0. The number of esters is 2. The number of unbranched alkanes of at least 4 members (excludes halogenated alkanes) is 1. The number of allylic oxidation sites excluding steroid dienone is 1. The number of hydrogen-bond donors (Lipinski definition) is 1. The molecule has 1 N–H and O–H groups in total. The summed E-state index contributed by atoms with van der Waals surface area (Å²) in [6.07, 6.45) is 3.15. The van der Waals surface area contributed by atoms with Crippen molar-refractivity contribution in [2.24, 2.45) is 0 Å². The monoisotopic (exact) mass is 229 g/mol. The van der Waals surface area contributed by atoms with E-state index in [0.717, 1.165) is 13.5 Å². The highest BCUT2D eigenvalue weighted by Gasteiger charge is 2.14. The summed E-state index contributed by atoms with van der Waals surface area (Å²) < 4.78 is 8.90. The minimum atomic E-state index is -1.04. The van der Waals surface area contributed by atoms with E-state index in [1.807, 2.05) is 0 Å². The van der Waals surface area contributed by atoms with E-state index < -0.39 is 17.8 Å². The second-order valence-corrected chi connectivity index (χ2v) is 2.83. The zero-order valence-corrected chi connectivity index (χ0v) is 9.15. The van der Waals surface area contributed by atoms with Crippen molar-refractivity contribution >= 4 is 17.8 Å². The lowest BCUT2D eigenvalue weighted by Crippen LogP contribution is -2.36. The number of hydrogen-bond acceptors (Lipinski definition) is 5. The molecule has 0 aliphatic carbocycles. The lowest BCUT2D eigenvalue weighted by atomic mass is 10.3. The highest BCUT2D eigenvalue weighted by molar-refractivity contribution is 6.32. The number of methoxy groups -OCH3 is 1. The van der Waals surface area contributed by atoms with Gasteiger partial charge in [0.25, 0.3) is 0 Å². The van der Waals surface area contributed by atoms with Gasteiger partial charge in [-0.05, 0) is 12.8 Å². The molecule has 0 atom stereocenters. The summed E-state index contributed by atoms with van der Waals surface area (Å²) in [6.45, 7) is 3.43. The molecule has 0 heterocycles. The van der Waals surface area contributed by atoms with Crippen LogP contribution in [0.2, 0.25) is 0 Å². The van der Waals surface area contributed by atoms with Crippen molar-refractivity contribution in [2.45, 2.75) is 12.8 Å². The Morgan fingerprint density at radius 1 is 1.38 bits per heavy atom. The molecule has 0 radical (unpaired) electrons. The van der Waals surface area contributed by atoms with Crippen LogP contribution in [0.3, 0.4) is 0 Å². The van der Waals surface area contributed by atoms with Crippen LogP contribution >= 0.6 is 0 Å². The molecule has 0 aliphatic rings. The van der Waals surface area contributed by atoms with Crippen LogP contribution in [0.25, 0.3) is 0 Å². The zero-order chi connectivity index (χ0) is 12.4. The van der Waals surface area contributed by atoms with Gasteiger partial charge in [0, 0.05) is 0 Å². The Bertz CT molecular complexity index is 274. The molecule has 1 amide bonds. The standard InChI is InChI=1S/C10H15NO5/c1-3-4-5-6-16-8(12)7-11-9(13)10(14)15-2/h3H,1,4-7H2,2H3,(H,11,13). The lowest BCUT2D eigenvalue weighted by Gasteiger charge is -2.04. The molecule has 0 saturated carbocycles. The van der Waals surface area contributed by atoms with E-state index in [1.54, 1.807) is 6.08 Å². The quantitative estimate of drug-likeness (QED) is 0.295. The summed E-state index contributed by atoms with van der Waals surface area (Å²) in [6, 6.07) is 0. The second kappa shape index (κ2) is 8.46. The van der Waals surface area contributed by atoms with E-state index in [4.69, 9.17) is 4.74 Å². The fraction of sp³-hybridized carbons (Fsp3) is 0.500. The van der Waals surface area contributed by atoms with Crippen molar-refractivity contribution in [1.82, 2.24) is 5.32 Å². The van der Waals surface area contributed by atoms with E-state index in [2.05, 4.69) is 16.6 Å². The van der Waals surface area contributed by atoms with Gasteiger partial charge in [-0.15, -0.1) is 6.58 Å². The van der Waals surface area contributed by atoms with Crippen LogP contribution in [0, 0.1) is 0 Å². The first-order chi connectivity index (χ1) is 7.61. The number of carbonyl (C=O) groups excluding carboxylic acids is 3. The molecule has 0 fully saturated rings. The van der Waals surface area contributed by atoms with Gasteiger partial charge < -0.3 is 14.8 Å². The van der Waals surface area contributed by atoms with Crippen molar-refractivity contribution in [1.29, 1.82) is 0 Å². The average molecular weight is 229 g/mol. The lowest BCUT2D eigenvalue weighted by molar-refractivity contribution is -0.153. The van der Waals surface area contributed by atoms with Gasteiger partial charge in [-0.25, -0.2) is 4.79 Å². The number of ether oxygens (including phenoxy) is 2. The van der Waals surface area contributed by atoms with Crippen molar-refractivity contribution in [3.63, 3.8) is 0 Å². The third kappa shape index (κ3) is 6.58. The van der Waals surface area contributed by atoms with Gasteiger partial charge in [0.15, 0.2) is 0 Å². The molecule has 0 aromatic rings. The molecule has 6 nitrogen and oxygen atoms in total. The Morgan fingerprint density at radius 2 is 2.06 bits per heavy atom. The summed E-state index contributed by atoms with van der Waals surface area (Å²) in [4.78, 5) is 32.5. The summed E-state index contributed by atoms with van der Waals surface area (Å²) in [5, 5.41) is 2.07. The predicted octanol–water partition coefficient (Wildman–Crippen LogP) is -0.215. The summed E-state index contributed by atoms with van der Waals surface area (Å²) >= 11 is 0. The van der Waals surface area contributed by atoms with Gasteiger partial charge in [0.1, 0.15) is 6.54 Å². The third-order valence-electron chi connectivity index (χ3n) is 1.58. The fourth-order valence-electron chi connectivity index (χ4n) is 0.782. The molecular weight excluding hydrogens is 214 g/mol. The highest BCUT2D eigenvalue weighted by Crippen LogP contribution is 1.90. The topological polar surface area (TPSA) is 81.7 Å². The minimum absolute atomic E-state index is 0.263. The van der Waals surface area contributed by atoms with Gasteiger partial charge in [0.2, 0.25) is 0 Å². The van der Waals surface area contributed by atoms with E-state index in [9.17, 15) is 14.4 Å². The Morgan fingerprint density at radius 3 is 2.62 bits per heavy atom. The maximum atomic E-state index is 11.0. The molecule has 0 aromatic carbocycles. The molecule has 16 heavy (non-hydrogen) atoms. The predicted molar refractivity (Wildman–Crippen MR) is 55.4 cm³/mol. The molecule has 0 saturated heterocycles. The van der Waals surface area contributed by atoms with E-state index >= 15 is 0 Å². The minimum Gasteiger partial charge on any atom is -0.464 e. The van der Waals surface area contributed by atoms with Crippen LogP contribution in [-0.4, -0.2) is 38.1 Å². The highest BCUT2D eigenvalue weighted by atomic mass is 16.5. The van der Waals surface area contributed by atoms with E-state index in [-0.39, 0.29) is 13.2 Å². The van der Waals surface area contributed by atoms with Gasteiger partial charge in [-0.1, -0.05) is 6.08 Å². The molecule has 0 unspecified atom stereocenters. The first-order valence-electron chi connectivity index (χ1n) is 4.74. The number of carbonyl (C=O) groups is 3. The molecule has 0 spiro atoms. The smallest absolute Gasteiger partial charge is 0.396 e. The normalized spacial score (nSPS) is 9.06. The Hall–Kier alpha value is -1.85. The number of nitrogens with one attached hydrogen (secondary N) is 1. The molecule has 0 rings (SSSR count). The largest absolute Gasteiger partial charge is 0.464 e. The van der Waals surface area contributed by atoms with Crippen LogP contribution in [0.15, 0.2) is 12.7 Å². The van der Waals surface area contributed by atoms with Gasteiger partial charge in [0.05, 0.1) is 13.7 Å². The second-order valence-electron chi connectivity index (χ2n) is 2.83. The summed E-state index contributed by atoms with van der Waals surface area (Å²) in [5.74, 6) is -2.61. The molecule has 0 aliphatic heterocycles. The molecular formula is C10H15NO5. The first-order valence-corrected chi connectivity index (χ1v) is 4.74. The third-order valence-corrected chi connectivity index (χ3v) is 1.58. The Labute approximate surface area is 93.6 Å². The van der Waals surface area contributed by atoms with Gasteiger partial charge >= 0.3 is 17.8 Å². The van der Waals surface area contributed by atoms with Gasteiger partial charge in [-0.2, -0.15) is 0 Å². The summed E-state index contributed by atoms with van der Waals surface area (Å²) in [5.41, 5.74) is 0. The maximum Gasteiger partial charge on any atom is 0.396 e. The molecule has 6 heteroatoms. The van der Waals surface area contributed by atoms with Crippen LogP contribution in [0.1, 0.15) is 12.8 Å². The molecule has 0 bridgehead atoms. The van der Waals surface area contributed by atoms with Crippen LogP contribution in [-0.2, 0) is 23.9 Å². The van der Waals surface area contributed by atoms with E-state index in [0.29, 0.717) is 6.42 Å². The molecule has 90 valence electrons. The van der Waals surface area contributed by atoms with Crippen LogP contribution in [0.4, 0.5) is 0 Å². The van der Waals surface area contributed by atoms with Crippen LogP contribution in [0.5, 0.6) is 0 Å². The number of amides is 1. The average Bonchev–Trinajstić information content (AvgIpc) is 2.30. The summed E-state index contributed by atoms with van der Waals surface area (Å²) in [7, 11) is 1.08.